The van der Waals surface area contributed by atoms with Crippen LogP contribution in [0, 0.1) is 21.7 Å². The zero-order chi connectivity index (χ0) is 11.6. The van der Waals surface area contributed by atoms with E-state index in [4.69, 9.17) is 0 Å². The molecule has 0 bridgehead atoms. The molecule has 0 spiro atoms. The molecule has 0 N–H and O–H groups in total. The molecule has 1 rings (SSSR count). The van der Waals surface area contributed by atoms with Gasteiger partial charge in [-0.15, -0.1) is 0 Å². The molecule has 0 atom stereocenters. The number of rotatable bonds is 3. The van der Waals surface area contributed by atoms with Crippen molar-refractivity contribution in [2.24, 2.45) is 0 Å². The first-order valence-electron chi connectivity index (χ1n) is 3.68. The molecule has 5 nitrogen and oxygen atoms in total. The van der Waals surface area contributed by atoms with Crippen molar-refractivity contribution in [3.05, 3.63) is 33.4 Å². The number of nitro groups is 1. The van der Waals surface area contributed by atoms with Crippen molar-refractivity contribution in [1.82, 2.24) is 0 Å². The molecule has 1 aromatic carbocycles. The second-order valence-corrected chi connectivity index (χ2v) is 2.52. The Bertz CT molecular complexity index is 433. The highest BCUT2D eigenvalue weighted by atomic mass is 19.2. The largest absolute Gasteiger partial charge is 0.488 e. The highest BCUT2D eigenvalue weighted by molar-refractivity contribution is 5.78. The Morgan fingerprint density at radius 3 is 2.47 bits per heavy atom. The molecule has 0 fully saturated rings. The molecule has 0 aliphatic heterocycles. The van der Waals surface area contributed by atoms with Gasteiger partial charge in [0.25, 0.3) is 0 Å². The van der Waals surface area contributed by atoms with E-state index >= 15 is 0 Å². The van der Waals surface area contributed by atoms with E-state index in [1.807, 2.05) is 0 Å². The Kier molecular flexibility index (Phi) is 2.93. The number of methoxy groups -OCH3 is 1. The van der Waals surface area contributed by atoms with Crippen LogP contribution in [0.1, 0.15) is 10.4 Å². The van der Waals surface area contributed by atoms with Crippen LogP contribution in [0.2, 0.25) is 0 Å². The molecule has 0 amide bonds. The normalized spacial score (nSPS) is 9.80. The Balaban J connectivity index is 3.58. The van der Waals surface area contributed by atoms with Crippen LogP contribution in [0.3, 0.4) is 0 Å². The fourth-order valence-electron chi connectivity index (χ4n) is 1.03. The zero-order valence-corrected chi connectivity index (χ0v) is 7.49. The van der Waals surface area contributed by atoms with Gasteiger partial charge >= 0.3 is 5.69 Å². The lowest BCUT2D eigenvalue weighted by Gasteiger charge is -2.04. The molecule has 0 aliphatic rings. The Morgan fingerprint density at radius 2 is 2.07 bits per heavy atom. The average molecular weight is 217 g/mol. The molecule has 1 aromatic rings. The van der Waals surface area contributed by atoms with E-state index < -0.39 is 33.6 Å². The molecule has 0 unspecified atom stereocenters. The summed E-state index contributed by atoms with van der Waals surface area (Å²) in [6.45, 7) is 0. The van der Waals surface area contributed by atoms with Crippen LogP contribution in [-0.2, 0) is 0 Å². The van der Waals surface area contributed by atoms with Gasteiger partial charge in [0.1, 0.15) is 0 Å². The molecule has 0 aromatic heterocycles. The second-order valence-electron chi connectivity index (χ2n) is 2.52. The van der Waals surface area contributed by atoms with Crippen molar-refractivity contribution in [3.8, 4) is 5.75 Å². The second kappa shape index (κ2) is 3.99. The van der Waals surface area contributed by atoms with Crippen molar-refractivity contribution in [3.63, 3.8) is 0 Å². The van der Waals surface area contributed by atoms with Gasteiger partial charge in [0.15, 0.2) is 12.1 Å². The van der Waals surface area contributed by atoms with Crippen molar-refractivity contribution in [2.45, 2.75) is 0 Å². The summed E-state index contributed by atoms with van der Waals surface area (Å²) in [6, 6.07) is 0.615. The van der Waals surface area contributed by atoms with Crippen LogP contribution in [-0.4, -0.2) is 18.3 Å². The third-order valence-electron chi connectivity index (χ3n) is 1.70. The van der Waals surface area contributed by atoms with Gasteiger partial charge in [0, 0.05) is 6.07 Å². The summed E-state index contributed by atoms with van der Waals surface area (Å²) in [5.41, 5.74) is -1.52. The summed E-state index contributed by atoms with van der Waals surface area (Å²) >= 11 is 0. The topological polar surface area (TPSA) is 69.4 Å². The van der Waals surface area contributed by atoms with Gasteiger partial charge in [-0.1, -0.05) is 0 Å². The zero-order valence-electron chi connectivity index (χ0n) is 7.49. The van der Waals surface area contributed by atoms with Gasteiger partial charge in [-0.3, -0.25) is 14.9 Å². The monoisotopic (exact) mass is 217 g/mol. The smallest absolute Gasteiger partial charge is 0.314 e. The fraction of sp³-hybridized carbons (Fsp3) is 0.125. The quantitative estimate of drug-likeness (QED) is 0.439. The average Bonchev–Trinajstić information content (AvgIpc) is 2.21. The summed E-state index contributed by atoms with van der Waals surface area (Å²) in [5.74, 6) is -3.84. The van der Waals surface area contributed by atoms with Gasteiger partial charge in [0.05, 0.1) is 17.6 Å². The standard InChI is InChI=1S/C8H5F2NO4/c1-15-8-5(11(13)14)2-4(3-12)6(9)7(8)10/h2-3H,1H3. The summed E-state index contributed by atoms with van der Waals surface area (Å²) in [7, 11) is 0.964. The van der Waals surface area contributed by atoms with Gasteiger partial charge in [-0.25, -0.2) is 4.39 Å². The lowest BCUT2D eigenvalue weighted by Crippen LogP contribution is -2.02. The third-order valence-corrected chi connectivity index (χ3v) is 1.70. The van der Waals surface area contributed by atoms with Gasteiger partial charge in [-0.2, -0.15) is 4.39 Å². The number of carbonyl (C=O) groups excluding carboxylic acids is 1. The number of halogens is 2. The minimum Gasteiger partial charge on any atom is -0.488 e. The molecular weight excluding hydrogens is 212 g/mol. The van der Waals surface area contributed by atoms with Crippen LogP contribution < -0.4 is 4.74 Å². The van der Waals surface area contributed by atoms with Crippen molar-refractivity contribution < 1.29 is 23.2 Å². The summed E-state index contributed by atoms with van der Waals surface area (Å²) in [4.78, 5) is 19.8. The van der Waals surface area contributed by atoms with Gasteiger partial charge in [0.2, 0.25) is 11.6 Å². The molecule has 0 saturated heterocycles. The molecule has 0 aliphatic carbocycles. The van der Waals surface area contributed by atoms with E-state index in [1.165, 1.54) is 0 Å². The lowest BCUT2D eigenvalue weighted by atomic mass is 10.2. The van der Waals surface area contributed by atoms with Crippen molar-refractivity contribution >= 4 is 12.0 Å². The van der Waals surface area contributed by atoms with E-state index in [2.05, 4.69) is 4.74 Å². The lowest BCUT2D eigenvalue weighted by molar-refractivity contribution is -0.386. The first kappa shape index (κ1) is 11.0. The van der Waals surface area contributed by atoms with E-state index in [1.54, 1.807) is 0 Å². The number of carbonyl (C=O) groups is 1. The first-order chi connectivity index (χ1) is 7.02. The van der Waals surface area contributed by atoms with Gasteiger partial charge < -0.3 is 4.74 Å². The maximum Gasteiger partial charge on any atom is 0.314 e. The molecule has 15 heavy (non-hydrogen) atoms. The molecule has 0 saturated carbocycles. The SMILES string of the molecule is COc1c([N+](=O)[O-])cc(C=O)c(F)c1F. The first-order valence-corrected chi connectivity index (χ1v) is 3.68. The number of benzene rings is 1. The number of ether oxygens (including phenoxy) is 1. The number of hydrogen-bond acceptors (Lipinski definition) is 4. The van der Waals surface area contributed by atoms with Crippen LogP contribution in [0.5, 0.6) is 5.75 Å². The maximum absolute atomic E-state index is 13.1. The Hall–Kier alpha value is -2.05. The predicted molar refractivity (Wildman–Crippen MR) is 45.0 cm³/mol. The van der Waals surface area contributed by atoms with Crippen LogP contribution in [0.4, 0.5) is 14.5 Å². The highest BCUT2D eigenvalue weighted by Gasteiger charge is 2.25. The molecule has 0 radical (unpaired) electrons. The summed E-state index contributed by atoms with van der Waals surface area (Å²) in [5, 5.41) is 10.4. The van der Waals surface area contributed by atoms with Crippen molar-refractivity contribution in [1.29, 1.82) is 0 Å². The molecule has 80 valence electrons. The fourth-order valence-corrected chi connectivity index (χ4v) is 1.03. The molecule has 7 heteroatoms. The van der Waals surface area contributed by atoms with Crippen LogP contribution in [0.15, 0.2) is 6.07 Å². The Morgan fingerprint density at radius 1 is 1.47 bits per heavy atom. The van der Waals surface area contributed by atoms with Crippen LogP contribution >= 0.6 is 0 Å². The van der Waals surface area contributed by atoms with E-state index in [9.17, 15) is 23.7 Å². The minimum absolute atomic E-state index is 0.00907. The van der Waals surface area contributed by atoms with Crippen LogP contribution in [0.25, 0.3) is 0 Å². The summed E-state index contributed by atoms with van der Waals surface area (Å²) in [6.07, 6.45) is -0.00907. The Labute approximate surface area is 82.4 Å². The van der Waals surface area contributed by atoms with E-state index in [0.29, 0.717) is 6.07 Å². The minimum atomic E-state index is -1.55. The van der Waals surface area contributed by atoms with E-state index in [-0.39, 0.29) is 6.29 Å². The maximum atomic E-state index is 13.1. The van der Waals surface area contributed by atoms with Gasteiger partial charge in [-0.05, 0) is 0 Å². The number of nitro benzene ring substituents is 1. The summed E-state index contributed by atoms with van der Waals surface area (Å²) < 4.78 is 30.4. The van der Waals surface area contributed by atoms with Crippen molar-refractivity contribution in [2.75, 3.05) is 7.11 Å². The number of hydrogen-bond donors (Lipinski definition) is 0. The number of nitrogens with zero attached hydrogens (tertiary/aromatic N) is 1. The number of aldehydes is 1. The highest BCUT2D eigenvalue weighted by Crippen LogP contribution is 2.32. The van der Waals surface area contributed by atoms with E-state index in [0.717, 1.165) is 7.11 Å². The third kappa shape index (κ3) is 1.76. The molecular formula is C8H5F2NO4. The predicted octanol–water partition coefficient (Wildman–Crippen LogP) is 1.69. The molecule has 0 heterocycles.